The van der Waals surface area contributed by atoms with E-state index in [-0.39, 0.29) is 18.2 Å². The monoisotopic (exact) mass is 336 g/mol. The first-order valence-electron chi connectivity index (χ1n) is 6.77. The average molecular weight is 337 g/mol. The van der Waals surface area contributed by atoms with Gasteiger partial charge in [0.25, 0.3) is 0 Å². The maximum absolute atomic E-state index is 12.0. The van der Waals surface area contributed by atoms with Crippen LogP contribution in [0, 0.1) is 0 Å². The van der Waals surface area contributed by atoms with Crippen LogP contribution in [0.25, 0.3) is 0 Å². The number of ketones is 1. The van der Waals surface area contributed by atoms with Crippen molar-refractivity contribution in [1.82, 2.24) is 4.90 Å². The minimum Gasteiger partial charge on any atom is -0.325 e. The molecule has 0 aliphatic carbocycles. The molecule has 0 fully saturated rings. The largest absolute Gasteiger partial charge is 0.325 e. The van der Waals surface area contributed by atoms with E-state index in [0.29, 0.717) is 17.8 Å². The van der Waals surface area contributed by atoms with E-state index >= 15 is 0 Å². The fraction of sp³-hybridized carbons (Fsp3) is 0.250. The van der Waals surface area contributed by atoms with Crippen molar-refractivity contribution in [2.45, 2.75) is 13.5 Å². The van der Waals surface area contributed by atoms with Crippen molar-refractivity contribution in [1.29, 1.82) is 0 Å². The van der Waals surface area contributed by atoms with Gasteiger partial charge < -0.3 is 5.32 Å². The molecule has 2 rings (SSSR count). The van der Waals surface area contributed by atoms with Gasteiger partial charge in [-0.2, -0.15) is 0 Å². The fourth-order valence-corrected chi connectivity index (χ4v) is 3.16. The van der Waals surface area contributed by atoms with Crippen molar-refractivity contribution in [2.75, 3.05) is 18.9 Å². The smallest absolute Gasteiger partial charge is 0.238 e. The molecule has 0 aliphatic heterocycles. The van der Waals surface area contributed by atoms with Crippen molar-refractivity contribution in [2.24, 2.45) is 0 Å². The molecule has 116 valence electrons. The lowest BCUT2D eigenvalue weighted by Crippen LogP contribution is -2.29. The van der Waals surface area contributed by atoms with Gasteiger partial charge in [-0.05, 0) is 50.4 Å². The van der Waals surface area contributed by atoms with Crippen LogP contribution < -0.4 is 5.32 Å². The summed E-state index contributed by atoms with van der Waals surface area (Å²) in [7, 11) is 1.88. The number of Topliss-reactive ketones (excluding diaryl/α,β-unsaturated/α-hetero) is 1. The Hall–Kier alpha value is -1.69. The second-order valence-electron chi connectivity index (χ2n) is 5.06. The molecule has 0 saturated heterocycles. The van der Waals surface area contributed by atoms with Crippen LogP contribution in [0.1, 0.15) is 22.2 Å². The quantitative estimate of drug-likeness (QED) is 0.819. The summed E-state index contributed by atoms with van der Waals surface area (Å²) in [5, 5.41) is 2.82. The zero-order chi connectivity index (χ0) is 16.1. The number of anilines is 1. The second-order valence-corrected chi connectivity index (χ2v) is 6.86. The number of benzene rings is 1. The highest BCUT2D eigenvalue weighted by molar-refractivity contribution is 7.16. The number of nitrogens with one attached hydrogen (secondary N) is 1. The van der Waals surface area contributed by atoms with Crippen LogP contribution in [-0.4, -0.2) is 30.2 Å². The van der Waals surface area contributed by atoms with Crippen molar-refractivity contribution >= 4 is 40.3 Å². The van der Waals surface area contributed by atoms with Crippen LogP contribution in [0.15, 0.2) is 36.4 Å². The minimum atomic E-state index is -0.0965. The van der Waals surface area contributed by atoms with E-state index in [0.717, 1.165) is 9.21 Å². The number of carbonyl (C=O) groups is 2. The van der Waals surface area contributed by atoms with Crippen LogP contribution in [0.2, 0.25) is 4.34 Å². The number of carbonyl (C=O) groups excluding carboxylic acids is 2. The molecule has 1 heterocycles. The molecule has 1 amide bonds. The summed E-state index contributed by atoms with van der Waals surface area (Å²) in [5.41, 5.74) is 1.31. The van der Waals surface area contributed by atoms with Crippen LogP contribution in [0.4, 0.5) is 5.69 Å². The standard InChI is InChI=1S/C16H17ClN2O2S/c1-11(20)12-3-5-13(6-4-12)18-16(21)10-19(2)9-14-7-8-15(17)22-14/h3-8H,9-10H2,1-2H3,(H,18,21). The Morgan fingerprint density at radius 1 is 1.18 bits per heavy atom. The van der Waals surface area contributed by atoms with Gasteiger partial charge >= 0.3 is 0 Å². The molecule has 0 spiro atoms. The van der Waals surface area contributed by atoms with Crippen molar-refractivity contribution in [3.8, 4) is 0 Å². The molecule has 1 aromatic heterocycles. The van der Waals surface area contributed by atoms with Crippen LogP contribution >= 0.6 is 22.9 Å². The first-order valence-corrected chi connectivity index (χ1v) is 7.97. The van der Waals surface area contributed by atoms with Gasteiger partial charge in [-0.3, -0.25) is 14.5 Å². The van der Waals surface area contributed by atoms with Crippen molar-refractivity contribution < 1.29 is 9.59 Å². The van der Waals surface area contributed by atoms with Crippen LogP contribution in [0.5, 0.6) is 0 Å². The van der Waals surface area contributed by atoms with E-state index in [4.69, 9.17) is 11.6 Å². The molecule has 0 bridgehead atoms. The lowest BCUT2D eigenvalue weighted by molar-refractivity contribution is -0.117. The number of likely N-dealkylation sites (N-methyl/N-ethyl adjacent to an activating group) is 1. The Kier molecular flexibility index (Phi) is 5.71. The van der Waals surface area contributed by atoms with Gasteiger partial charge in [0, 0.05) is 22.7 Å². The summed E-state index contributed by atoms with van der Waals surface area (Å²) in [4.78, 5) is 26.2. The highest BCUT2D eigenvalue weighted by Gasteiger charge is 2.09. The molecular formula is C16H17ClN2O2S. The Balaban J connectivity index is 1.85. The minimum absolute atomic E-state index is 0.00668. The number of amides is 1. The number of thiophene rings is 1. The van der Waals surface area contributed by atoms with E-state index < -0.39 is 0 Å². The molecule has 0 atom stereocenters. The number of hydrogen-bond acceptors (Lipinski definition) is 4. The van der Waals surface area contributed by atoms with Crippen molar-refractivity contribution in [3.63, 3.8) is 0 Å². The van der Waals surface area contributed by atoms with E-state index in [1.807, 2.05) is 24.1 Å². The predicted molar refractivity (Wildman–Crippen MR) is 90.7 cm³/mol. The molecule has 0 unspecified atom stereocenters. The fourth-order valence-electron chi connectivity index (χ4n) is 1.99. The van der Waals surface area contributed by atoms with E-state index in [9.17, 15) is 9.59 Å². The molecule has 2 aromatic rings. The summed E-state index contributed by atoms with van der Waals surface area (Å²) < 4.78 is 0.749. The highest BCUT2D eigenvalue weighted by atomic mass is 35.5. The summed E-state index contributed by atoms with van der Waals surface area (Å²) in [6, 6.07) is 10.7. The van der Waals surface area contributed by atoms with E-state index in [1.54, 1.807) is 24.3 Å². The van der Waals surface area contributed by atoms with Crippen molar-refractivity contribution in [3.05, 3.63) is 51.2 Å². The third-order valence-electron chi connectivity index (χ3n) is 3.04. The molecule has 1 aromatic carbocycles. The summed E-state index contributed by atoms with van der Waals surface area (Å²) in [6.45, 7) is 2.47. The van der Waals surface area contributed by atoms with Gasteiger partial charge in [0.2, 0.25) is 5.91 Å². The van der Waals surface area contributed by atoms with E-state index in [1.165, 1.54) is 18.3 Å². The summed E-state index contributed by atoms with van der Waals surface area (Å²) in [6.07, 6.45) is 0. The second kappa shape index (κ2) is 7.54. The Morgan fingerprint density at radius 2 is 1.86 bits per heavy atom. The first kappa shape index (κ1) is 16.7. The zero-order valence-electron chi connectivity index (χ0n) is 12.4. The van der Waals surface area contributed by atoms with Crippen LogP contribution in [-0.2, 0) is 11.3 Å². The molecule has 22 heavy (non-hydrogen) atoms. The topological polar surface area (TPSA) is 49.4 Å². The third kappa shape index (κ3) is 4.94. The van der Waals surface area contributed by atoms with Crippen LogP contribution in [0.3, 0.4) is 0 Å². The van der Waals surface area contributed by atoms with Gasteiger partial charge in [0.05, 0.1) is 10.9 Å². The lowest BCUT2D eigenvalue weighted by atomic mass is 10.1. The molecule has 6 heteroatoms. The predicted octanol–water partition coefficient (Wildman–Crippen LogP) is 3.67. The number of rotatable bonds is 6. The molecule has 0 radical (unpaired) electrons. The Labute approximate surface area is 138 Å². The normalized spacial score (nSPS) is 10.7. The Morgan fingerprint density at radius 3 is 2.41 bits per heavy atom. The van der Waals surface area contributed by atoms with Gasteiger partial charge in [0.15, 0.2) is 5.78 Å². The molecule has 0 aliphatic rings. The zero-order valence-corrected chi connectivity index (χ0v) is 14.0. The number of halogens is 1. The highest BCUT2D eigenvalue weighted by Crippen LogP contribution is 2.22. The Bertz CT molecular complexity index is 667. The SMILES string of the molecule is CC(=O)c1ccc(NC(=O)CN(C)Cc2ccc(Cl)s2)cc1. The molecule has 4 nitrogen and oxygen atoms in total. The average Bonchev–Trinajstić information content (AvgIpc) is 2.84. The van der Waals surface area contributed by atoms with Gasteiger partial charge in [-0.1, -0.05) is 11.6 Å². The lowest BCUT2D eigenvalue weighted by Gasteiger charge is -2.15. The third-order valence-corrected chi connectivity index (χ3v) is 4.26. The maximum Gasteiger partial charge on any atom is 0.238 e. The maximum atomic E-state index is 12.0. The molecule has 0 saturated carbocycles. The molecule has 1 N–H and O–H groups in total. The first-order chi connectivity index (χ1) is 10.4. The van der Waals surface area contributed by atoms with Gasteiger partial charge in [0.1, 0.15) is 0 Å². The van der Waals surface area contributed by atoms with Gasteiger partial charge in [-0.15, -0.1) is 11.3 Å². The summed E-state index contributed by atoms with van der Waals surface area (Å²) in [5.74, 6) is -0.0899. The number of nitrogens with zero attached hydrogens (tertiary/aromatic N) is 1. The number of hydrogen-bond donors (Lipinski definition) is 1. The van der Waals surface area contributed by atoms with Gasteiger partial charge in [-0.25, -0.2) is 0 Å². The summed E-state index contributed by atoms with van der Waals surface area (Å²) >= 11 is 7.40. The van der Waals surface area contributed by atoms with E-state index in [2.05, 4.69) is 5.32 Å². The molecular weight excluding hydrogens is 320 g/mol.